The molecule has 11 heteroatoms. The highest BCUT2D eigenvalue weighted by Crippen LogP contribution is 2.31. The molecule has 0 aliphatic carbocycles. The van der Waals surface area contributed by atoms with E-state index in [-0.39, 0.29) is 29.1 Å². The minimum Gasteiger partial charge on any atom is -0.493 e. The molecule has 2 aromatic carbocycles. The van der Waals surface area contributed by atoms with E-state index in [0.717, 1.165) is 17.3 Å². The number of carbonyl (C=O) groups is 2. The van der Waals surface area contributed by atoms with Crippen molar-refractivity contribution in [1.82, 2.24) is 5.27 Å². The molecule has 3 aromatic rings. The summed E-state index contributed by atoms with van der Waals surface area (Å²) >= 11 is 1.15. The number of rotatable bonds is 10. The van der Waals surface area contributed by atoms with E-state index in [1.54, 1.807) is 19.4 Å². The third kappa shape index (κ3) is 6.18. The minimum atomic E-state index is -0.322. The number of nitrogens with one attached hydrogen (secondary N) is 1. The fourth-order valence-corrected chi connectivity index (χ4v) is 4.17. The van der Waals surface area contributed by atoms with E-state index in [9.17, 15) is 9.59 Å². The molecule has 10 nitrogen and oxygen atoms in total. The van der Waals surface area contributed by atoms with Crippen molar-refractivity contribution in [1.29, 1.82) is 0 Å². The van der Waals surface area contributed by atoms with Crippen molar-refractivity contribution in [2.45, 2.75) is 13.5 Å². The van der Waals surface area contributed by atoms with Gasteiger partial charge in [-0.1, -0.05) is 48.2 Å². The smallest absolute Gasteiger partial charge is 0.302 e. The standard InChI is InChI=1S/C25H25N5O5S/c1-3-34-21-12-8-7-9-18(21)15-20-24(32)30(19-10-5-4-6-11-19)25(26-20)36-17-22(31)27-23-16-29(28-35-23)13-14-33-2/h4-12,15-16H,3,13-14,17H2,1-2H3/p+1/b20-15+. The number of thioether (sulfide) groups is 1. The molecule has 1 aliphatic rings. The van der Waals surface area contributed by atoms with Gasteiger partial charge in [-0.2, -0.15) is 0 Å². The molecule has 0 atom stereocenters. The summed E-state index contributed by atoms with van der Waals surface area (Å²) in [6, 6.07) is 16.6. The molecule has 186 valence electrons. The summed E-state index contributed by atoms with van der Waals surface area (Å²) < 4.78 is 17.3. The molecular weight excluding hydrogens is 482 g/mol. The van der Waals surface area contributed by atoms with Crippen LogP contribution in [0.2, 0.25) is 0 Å². The van der Waals surface area contributed by atoms with Crippen LogP contribution in [0.3, 0.4) is 0 Å². The highest BCUT2D eigenvalue weighted by Gasteiger charge is 2.32. The molecule has 0 unspecified atom stereocenters. The minimum absolute atomic E-state index is 0.0109. The van der Waals surface area contributed by atoms with E-state index in [2.05, 4.69) is 15.6 Å². The number of hydrogen-bond acceptors (Lipinski definition) is 8. The lowest BCUT2D eigenvalue weighted by Gasteiger charge is -2.17. The molecule has 36 heavy (non-hydrogen) atoms. The van der Waals surface area contributed by atoms with Gasteiger partial charge in [-0.25, -0.2) is 4.99 Å². The first kappa shape index (κ1) is 25.1. The van der Waals surface area contributed by atoms with Crippen LogP contribution in [0.4, 0.5) is 11.6 Å². The lowest BCUT2D eigenvalue weighted by atomic mass is 10.1. The Morgan fingerprint density at radius 3 is 2.75 bits per heavy atom. The van der Waals surface area contributed by atoms with E-state index in [1.165, 1.54) is 9.58 Å². The first-order chi connectivity index (χ1) is 17.6. The molecule has 0 bridgehead atoms. The van der Waals surface area contributed by atoms with Crippen LogP contribution in [0, 0.1) is 0 Å². The van der Waals surface area contributed by atoms with Gasteiger partial charge in [-0.3, -0.25) is 24.3 Å². The molecule has 0 fully saturated rings. The van der Waals surface area contributed by atoms with Crippen molar-refractivity contribution in [3.63, 3.8) is 0 Å². The summed E-state index contributed by atoms with van der Waals surface area (Å²) in [5.74, 6) is 0.283. The Hall–Kier alpha value is -3.96. The third-order valence-electron chi connectivity index (χ3n) is 4.98. The Labute approximate surface area is 212 Å². The van der Waals surface area contributed by atoms with Gasteiger partial charge in [0.05, 0.1) is 18.0 Å². The normalized spacial score (nSPS) is 14.3. The van der Waals surface area contributed by atoms with E-state index in [4.69, 9.17) is 14.0 Å². The molecule has 1 aromatic heterocycles. The predicted octanol–water partition coefficient (Wildman–Crippen LogP) is 3.12. The van der Waals surface area contributed by atoms with Crippen LogP contribution in [0.5, 0.6) is 5.75 Å². The first-order valence-corrected chi connectivity index (χ1v) is 12.3. The number of amidine groups is 1. The van der Waals surface area contributed by atoms with Gasteiger partial charge >= 0.3 is 5.88 Å². The molecule has 2 amide bonds. The number of carbonyl (C=O) groups excluding carboxylic acids is 2. The van der Waals surface area contributed by atoms with Crippen molar-refractivity contribution in [2.75, 3.05) is 36.3 Å². The van der Waals surface area contributed by atoms with Gasteiger partial charge in [0, 0.05) is 12.7 Å². The zero-order chi connectivity index (χ0) is 25.3. The van der Waals surface area contributed by atoms with Crippen molar-refractivity contribution < 1.29 is 28.3 Å². The molecule has 0 radical (unpaired) electrons. The van der Waals surface area contributed by atoms with E-state index in [0.29, 0.717) is 36.4 Å². The molecule has 4 rings (SSSR count). The maximum Gasteiger partial charge on any atom is 0.302 e. The van der Waals surface area contributed by atoms with Crippen LogP contribution < -0.4 is 19.6 Å². The van der Waals surface area contributed by atoms with Gasteiger partial charge in [0.1, 0.15) is 18.1 Å². The maximum absolute atomic E-state index is 13.4. The number of ether oxygens (including phenoxy) is 2. The van der Waals surface area contributed by atoms with Crippen LogP contribution >= 0.6 is 11.8 Å². The van der Waals surface area contributed by atoms with Gasteiger partial charge in [0.2, 0.25) is 17.7 Å². The summed E-state index contributed by atoms with van der Waals surface area (Å²) in [6.45, 7) is 3.37. The van der Waals surface area contributed by atoms with Crippen LogP contribution in [0.25, 0.3) is 6.08 Å². The maximum atomic E-state index is 13.4. The fraction of sp³-hybridized carbons (Fsp3) is 0.240. The summed E-state index contributed by atoms with van der Waals surface area (Å²) in [5, 5.41) is 6.88. The zero-order valence-electron chi connectivity index (χ0n) is 19.9. The van der Waals surface area contributed by atoms with Gasteiger partial charge in [0.25, 0.3) is 12.1 Å². The summed E-state index contributed by atoms with van der Waals surface area (Å²) in [4.78, 5) is 32.0. The second-order valence-corrected chi connectivity index (χ2v) is 8.47. The van der Waals surface area contributed by atoms with Crippen LogP contribution in [-0.4, -0.2) is 48.3 Å². The van der Waals surface area contributed by atoms with Crippen molar-refractivity contribution >= 4 is 46.4 Å². The van der Waals surface area contributed by atoms with Crippen LogP contribution in [-0.2, 0) is 20.9 Å². The van der Waals surface area contributed by atoms with E-state index >= 15 is 0 Å². The molecule has 0 saturated heterocycles. The second kappa shape index (κ2) is 12.1. The summed E-state index contributed by atoms with van der Waals surface area (Å²) in [5.41, 5.74) is 1.66. The lowest BCUT2D eigenvalue weighted by molar-refractivity contribution is -0.763. The summed E-state index contributed by atoms with van der Waals surface area (Å²) in [6.07, 6.45) is 3.27. The lowest BCUT2D eigenvalue weighted by Crippen LogP contribution is -2.36. The average molecular weight is 509 g/mol. The Bertz CT molecular complexity index is 1270. The molecular formula is C25H26N5O5S+. The first-order valence-electron chi connectivity index (χ1n) is 11.3. The number of benzene rings is 2. The highest BCUT2D eigenvalue weighted by molar-refractivity contribution is 8.14. The van der Waals surface area contributed by atoms with Gasteiger partial charge in [-0.05, 0) is 35.9 Å². The van der Waals surface area contributed by atoms with E-state index in [1.807, 2.05) is 61.5 Å². The monoisotopic (exact) mass is 508 g/mol. The molecule has 2 heterocycles. The fourth-order valence-electron chi connectivity index (χ4n) is 3.36. The third-order valence-corrected chi connectivity index (χ3v) is 5.92. The summed E-state index contributed by atoms with van der Waals surface area (Å²) in [7, 11) is 1.59. The molecule has 1 aliphatic heterocycles. The quantitative estimate of drug-likeness (QED) is 0.331. The van der Waals surface area contributed by atoms with Gasteiger partial charge in [-0.15, -0.1) is 0 Å². The number of anilines is 2. The van der Waals surface area contributed by atoms with Crippen molar-refractivity contribution in [3.05, 3.63) is 72.1 Å². The Morgan fingerprint density at radius 2 is 1.97 bits per heavy atom. The second-order valence-electron chi connectivity index (χ2n) is 7.53. The Balaban J connectivity index is 1.52. The SMILES string of the molecule is CCOc1ccccc1/C=C1/N=C(SCC(=O)Nc2c[n+](CCOC)no2)N(c2ccccc2)C1=O. The number of aromatic nitrogens is 2. The van der Waals surface area contributed by atoms with Gasteiger partial charge in [0.15, 0.2) is 5.17 Å². The molecule has 0 saturated carbocycles. The zero-order valence-corrected chi connectivity index (χ0v) is 20.7. The topological polar surface area (TPSA) is 110 Å². The highest BCUT2D eigenvalue weighted by atomic mass is 32.2. The van der Waals surface area contributed by atoms with Gasteiger partial charge < -0.3 is 9.47 Å². The average Bonchev–Trinajstić information content (AvgIpc) is 3.46. The Kier molecular flexibility index (Phi) is 8.48. The van der Waals surface area contributed by atoms with Crippen molar-refractivity contribution in [2.24, 2.45) is 4.99 Å². The number of hydrogen-bond donors (Lipinski definition) is 1. The molecule has 1 N–H and O–H groups in total. The van der Waals surface area contributed by atoms with Crippen molar-refractivity contribution in [3.8, 4) is 5.75 Å². The van der Waals surface area contributed by atoms with E-state index < -0.39 is 0 Å². The number of amides is 2. The largest absolute Gasteiger partial charge is 0.493 e. The van der Waals surface area contributed by atoms with Crippen LogP contribution in [0.15, 0.2) is 76.0 Å². The Morgan fingerprint density at radius 1 is 1.19 bits per heavy atom. The number of aliphatic imine (C=N–C) groups is 1. The molecule has 0 spiro atoms. The number of nitrogens with zero attached hydrogens (tertiary/aromatic N) is 4. The number of para-hydroxylation sites is 2. The predicted molar refractivity (Wildman–Crippen MR) is 137 cm³/mol. The van der Waals surface area contributed by atoms with Crippen LogP contribution in [0.1, 0.15) is 12.5 Å². The number of methoxy groups -OCH3 is 1.